The molecule has 1 aromatic heterocycles. The highest BCUT2D eigenvalue weighted by atomic mass is 19.1. The summed E-state index contributed by atoms with van der Waals surface area (Å²) < 4.78 is 19.0. The summed E-state index contributed by atoms with van der Waals surface area (Å²) in [6, 6.07) is 20.3. The van der Waals surface area contributed by atoms with Gasteiger partial charge in [0, 0.05) is 37.3 Å². The maximum Gasteiger partial charge on any atom is 0.289 e. The third-order valence-electron chi connectivity index (χ3n) is 5.40. The lowest BCUT2D eigenvalue weighted by Gasteiger charge is -2.35. The van der Waals surface area contributed by atoms with Crippen molar-refractivity contribution in [2.24, 2.45) is 0 Å². The first-order valence-electron chi connectivity index (χ1n) is 9.40. The number of benzene rings is 3. The minimum atomic E-state index is -0.241. The van der Waals surface area contributed by atoms with Gasteiger partial charge in [0.05, 0.1) is 0 Å². The van der Waals surface area contributed by atoms with E-state index < -0.39 is 0 Å². The molecular formula is C23H19FN2O2. The number of halogens is 1. The van der Waals surface area contributed by atoms with Crippen molar-refractivity contribution in [3.8, 4) is 0 Å². The summed E-state index contributed by atoms with van der Waals surface area (Å²) in [5, 5.41) is 3.18. The van der Waals surface area contributed by atoms with Crippen LogP contribution in [0.15, 0.2) is 71.1 Å². The molecular weight excluding hydrogens is 355 g/mol. The fourth-order valence-electron chi connectivity index (χ4n) is 3.87. The highest BCUT2D eigenvalue weighted by Crippen LogP contribution is 2.29. The number of amides is 1. The summed E-state index contributed by atoms with van der Waals surface area (Å²) in [4.78, 5) is 16.9. The molecule has 0 bridgehead atoms. The van der Waals surface area contributed by atoms with E-state index in [1.165, 1.54) is 12.1 Å². The molecule has 1 amide bonds. The molecule has 0 aliphatic carbocycles. The van der Waals surface area contributed by atoms with Gasteiger partial charge >= 0.3 is 0 Å². The number of piperazine rings is 1. The van der Waals surface area contributed by atoms with Crippen molar-refractivity contribution >= 4 is 33.3 Å². The van der Waals surface area contributed by atoms with Crippen molar-refractivity contribution in [1.29, 1.82) is 0 Å². The van der Waals surface area contributed by atoms with Gasteiger partial charge in [0.25, 0.3) is 5.91 Å². The maximum absolute atomic E-state index is 13.1. The van der Waals surface area contributed by atoms with Crippen LogP contribution < -0.4 is 4.90 Å². The van der Waals surface area contributed by atoms with Gasteiger partial charge in [0.1, 0.15) is 11.4 Å². The average Bonchev–Trinajstić information content (AvgIpc) is 3.19. The molecule has 1 saturated heterocycles. The first-order chi connectivity index (χ1) is 13.7. The Morgan fingerprint density at radius 2 is 1.61 bits per heavy atom. The molecule has 140 valence electrons. The van der Waals surface area contributed by atoms with E-state index in [2.05, 4.69) is 11.0 Å². The molecule has 28 heavy (non-hydrogen) atoms. The van der Waals surface area contributed by atoms with Gasteiger partial charge in [-0.2, -0.15) is 0 Å². The van der Waals surface area contributed by atoms with Crippen LogP contribution in [0.1, 0.15) is 10.6 Å². The van der Waals surface area contributed by atoms with Crippen molar-refractivity contribution in [3.05, 3.63) is 78.3 Å². The van der Waals surface area contributed by atoms with E-state index in [1.807, 2.05) is 41.3 Å². The number of carbonyl (C=O) groups is 1. The zero-order valence-electron chi connectivity index (χ0n) is 15.3. The number of rotatable bonds is 2. The van der Waals surface area contributed by atoms with E-state index in [4.69, 9.17) is 4.42 Å². The predicted octanol–water partition coefficient (Wildman–Crippen LogP) is 4.69. The van der Waals surface area contributed by atoms with Crippen LogP contribution in [-0.4, -0.2) is 37.0 Å². The van der Waals surface area contributed by atoms with Gasteiger partial charge in [0.15, 0.2) is 5.76 Å². The fraction of sp³-hybridized carbons (Fsp3) is 0.174. The highest BCUT2D eigenvalue weighted by molar-refractivity contribution is 6.08. The topological polar surface area (TPSA) is 36.7 Å². The summed E-state index contributed by atoms with van der Waals surface area (Å²) in [7, 11) is 0. The van der Waals surface area contributed by atoms with Crippen LogP contribution in [0.25, 0.3) is 21.7 Å². The SMILES string of the molecule is O=C(c1cc2c(ccc3ccccc32)o1)N1CCN(c2ccc(F)cc2)CC1. The largest absolute Gasteiger partial charge is 0.451 e. The van der Waals surface area contributed by atoms with Crippen molar-refractivity contribution < 1.29 is 13.6 Å². The second-order valence-corrected chi connectivity index (χ2v) is 7.06. The van der Waals surface area contributed by atoms with Gasteiger partial charge in [-0.15, -0.1) is 0 Å². The number of hydrogen-bond donors (Lipinski definition) is 0. The Morgan fingerprint density at radius 1 is 0.857 bits per heavy atom. The van der Waals surface area contributed by atoms with E-state index in [0.717, 1.165) is 27.4 Å². The highest BCUT2D eigenvalue weighted by Gasteiger charge is 2.25. The van der Waals surface area contributed by atoms with Crippen molar-refractivity contribution in [2.75, 3.05) is 31.1 Å². The number of fused-ring (bicyclic) bond motifs is 3. The Balaban J connectivity index is 1.35. The van der Waals surface area contributed by atoms with Crippen LogP contribution in [0, 0.1) is 5.82 Å². The van der Waals surface area contributed by atoms with Crippen LogP contribution in [0.4, 0.5) is 10.1 Å². The maximum atomic E-state index is 13.1. The number of carbonyl (C=O) groups excluding carboxylic acids is 1. The van der Waals surface area contributed by atoms with Crippen LogP contribution in [0.5, 0.6) is 0 Å². The van der Waals surface area contributed by atoms with Crippen molar-refractivity contribution in [3.63, 3.8) is 0 Å². The zero-order valence-corrected chi connectivity index (χ0v) is 15.3. The Bertz CT molecular complexity index is 1160. The minimum Gasteiger partial charge on any atom is -0.451 e. The van der Waals surface area contributed by atoms with Crippen molar-refractivity contribution in [1.82, 2.24) is 4.90 Å². The molecule has 1 fully saturated rings. The molecule has 3 aromatic carbocycles. The number of nitrogens with zero attached hydrogens (tertiary/aromatic N) is 2. The summed E-state index contributed by atoms with van der Waals surface area (Å²) in [5.74, 6) is 0.0515. The van der Waals surface area contributed by atoms with Gasteiger partial charge in [0.2, 0.25) is 0 Å². The summed E-state index contributed by atoms with van der Waals surface area (Å²) in [6.45, 7) is 2.63. The van der Waals surface area contributed by atoms with Crippen molar-refractivity contribution in [2.45, 2.75) is 0 Å². The Hall–Kier alpha value is -3.34. The van der Waals surface area contributed by atoms with Gasteiger partial charge in [-0.1, -0.05) is 30.3 Å². The van der Waals surface area contributed by atoms with E-state index in [9.17, 15) is 9.18 Å². The van der Waals surface area contributed by atoms with Gasteiger partial charge in [-0.25, -0.2) is 4.39 Å². The normalized spacial score (nSPS) is 14.8. The van der Waals surface area contributed by atoms with E-state index in [0.29, 0.717) is 31.9 Å². The molecule has 0 spiro atoms. The first kappa shape index (κ1) is 16.8. The van der Waals surface area contributed by atoms with E-state index in [1.54, 1.807) is 12.1 Å². The Morgan fingerprint density at radius 3 is 2.39 bits per heavy atom. The van der Waals surface area contributed by atoms with Crippen LogP contribution in [0.3, 0.4) is 0 Å². The molecule has 1 aliphatic heterocycles. The second-order valence-electron chi connectivity index (χ2n) is 7.06. The molecule has 0 radical (unpaired) electrons. The fourth-order valence-corrected chi connectivity index (χ4v) is 3.87. The van der Waals surface area contributed by atoms with Crippen LogP contribution >= 0.6 is 0 Å². The molecule has 5 rings (SSSR count). The quantitative estimate of drug-likeness (QED) is 0.511. The molecule has 1 aliphatic rings. The van der Waals surface area contributed by atoms with Gasteiger partial charge in [-0.3, -0.25) is 4.79 Å². The Kier molecular flexibility index (Phi) is 4.01. The second kappa shape index (κ2) is 6.68. The summed E-state index contributed by atoms with van der Waals surface area (Å²) >= 11 is 0. The minimum absolute atomic E-state index is 0.0842. The lowest BCUT2D eigenvalue weighted by atomic mass is 10.1. The predicted molar refractivity (Wildman–Crippen MR) is 108 cm³/mol. The molecule has 5 heteroatoms. The van der Waals surface area contributed by atoms with E-state index >= 15 is 0 Å². The third-order valence-corrected chi connectivity index (χ3v) is 5.40. The molecule has 0 unspecified atom stereocenters. The molecule has 0 atom stereocenters. The third kappa shape index (κ3) is 2.89. The monoisotopic (exact) mass is 374 g/mol. The molecule has 0 saturated carbocycles. The molecule has 0 N–H and O–H groups in total. The number of anilines is 1. The zero-order chi connectivity index (χ0) is 19.1. The lowest BCUT2D eigenvalue weighted by Crippen LogP contribution is -2.48. The van der Waals surface area contributed by atoms with Crippen LogP contribution in [-0.2, 0) is 0 Å². The molecule has 2 heterocycles. The molecule has 4 aromatic rings. The summed E-state index contributed by atoms with van der Waals surface area (Å²) in [5.41, 5.74) is 1.70. The average molecular weight is 374 g/mol. The lowest BCUT2D eigenvalue weighted by molar-refractivity contribution is 0.0717. The smallest absolute Gasteiger partial charge is 0.289 e. The Labute approximate surface area is 161 Å². The molecule has 4 nitrogen and oxygen atoms in total. The number of hydrogen-bond acceptors (Lipinski definition) is 3. The van der Waals surface area contributed by atoms with Gasteiger partial charge in [-0.05, 0) is 47.2 Å². The number of furan rings is 1. The van der Waals surface area contributed by atoms with Gasteiger partial charge < -0.3 is 14.2 Å². The standard InChI is InChI=1S/C23H19FN2O2/c24-17-6-8-18(9-7-17)25-11-13-26(14-12-25)23(27)22-15-20-19-4-2-1-3-16(19)5-10-21(20)28-22/h1-10,15H,11-14H2. The first-order valence-corrected chi connectivity index (χ1v) is 9.40. The summed E-state index contributed by atoms with van der Waals surface area (Å²) in [6.07, 6.45) is 0. The van der Waals surface area contributed by atoms with Crippen LogP contribution in [0.2, 0.25) is 0 Å². The van der Waals surface area contributed by atoms with E-state index in [-0.39, 0.29) is 11.7 Å².